The lowest BCUT2D eigenvalue weighted by molar-refractivity contribution is -0.139. The summed E-state index contributed by atoms with van der Waals surface area (Å²) in [5, 5.41) is 9.47. The highest BCUT2D eigenvalue weighted by molar-refractivity contribution is 7.07. The Bertz CT molecular complexity index is 1920. The van der Waals surface area contributed by atoms with Crippen molar-refractivity contribution in [2.24, 2.45) is 4.99 Å². The number of rotatable bonds is 8. The lowest BCUT2D eigenvalue weighted by Gasteiger charge is -2.26. The number of nitriles is 1. The molecule has 1 atom stereocenters. The molecular formula is C31H27N3O7S. The molecular weight excluding hydrogens is 558 g/mol. The molecule has 5 rings (SSSR count). The van der Waals surface area contributed by atoms with Gasteiger partial charge in [-0.15, -0.1) is 0 Å². The first-order valence-corrected chi connectivity index (χ1v) is 13.8. The van der Waals surface area contributed by atoms with Crippen LogP contribution in [0.5, 0.6) is 17.2 Å². The van der Waals surface area contributed by atoms with Crippen molar-refractivity contribution in [3.63, 3.8) is 0 Å². The number of nitrogens with zero attached hydrogens (tertiary/aromatic N) is 3. The molecule has 0 saturated carbocycles. The summed E-state index contributed by atoms with van der Waals surface area (Å²) in [4.78, 5) is 32.2. The predicted octanol–water partition coefficient (Wildman–Crippen LogP) is 3.96. The molecule has 0 amide bonds. The van der Waals surface area contributed by atoms with Crippen LogP contribution < -0.4 is 29.1 Å². The fraction of sp³-hybridized carbons (Fsp3) is 0.226. The second-order valence-electron chi connectivity index (χ2n) is 9.12. The lowest BCUT2D eigenvalue weighted by atomic mass is 9.95. The molecule has 2 aromatic heterocycles. The third kappa shape index (κ3) is 4.97. The SMILES string of the molecule is CCOC(=O)C1=C(C)N=c2s/c(=C/c3ccc(-c4ccccc4C#N)o3)c(=O)n2[C@@H]1c1cc(OC)c(OC)c(OC)c1. The van der Waals surface area contributed by atoms with Crippen molar-refractivity contribution in [2.45, 2.75) is 19.9 Å². The first-order chi connectivity index (χ1) is 20.3. The average Bonchev–Trinajstić information content (AvgIpc) is 3.59. The van der Waals surface area contributed by atoms with Crippen LogP contribution in [0.2, 0.25) is 0 Å². The van der Waals surface area contributed by atoms with E-state index >= 15 is 0 Å². The molecule has 3 heterocycles. The van der Waals surface area contributed by atoms with Gasteiger partial charge in [0.15, 0.2) is 16.3 Å². The maximum absolute atomic E-state index is 14.0. The van der Waals surface area contributed by atoms with E-state index in [0.717, 1.165) is 0 Å². The second kappa shape index (κ2) is 11.8. The molecule has 1 aliphatic rings. The van der Waals surface area contributed by atoms with Gasteiger partial charge in [-0.3, -0.25) is 9.36 Å². The molecule has 0 radical (unpaired) electrons. The number of carbonyl (C=O) groups is 1. The zero-order valence-corrected chi connectivity index (χ0v) is 24.4. The van der Waals surface area contributed by atoms with Crippen molar-refractivity contribution in [1.29, 1.82) is 5.26 Å². The van der Waals surface area contributed by atoms with E-state index in [1.54, 1.807) is 62.4 Å². The van der Waals surface area contributed by atoms with Crippen molar-refractivity contribution < 1.29 is 28.2 Å². The largest absolute Gasteiger partial charge is 0.493 e. The van der Waals surface area contributed by atoms with Crippen LogP contribution in [0.4, 0.5) is 0 Å². The molecule has 0 aliphatic carbocycles. The lowest BCUT2D eigenvalue weighted by Crippen LogP contribution is -2.40. The Hall–Kier alpha value is -5.08. The van der Waals surface area contributed by atoms with Crippen LogP contribution in [0.15, 0.2) is 74.0 Å². The number of benzene rings is 2. The summed E-state index contributed by atoms with van der Waals surface area (Å²) < 4.78 is 29.8. The molecule has 1 aliphatic heterocycles. The number of carbonyl (C=O) groups excluding carboxylic acids is 1. The molecule has 0 bridgehead atoms. The Morgan fingerprint density at radius 3 is 2.48 bits per heavy atom. The number of thiazole rings is 1. The normalized spacial score (nSPS) is 14.6. The maximum Gasteiger partial charge on any atom is 0.338 e. The average molecular weight is 586 g/mol. The van der Waals surface area contributed by atoms with E-state index in [1.807, 2.05) is 6.07 Å². The highest BCUT2D eigenvalue weighted by Crippen LogP contribution is 2.42. The number of ether oxygens (including phenoxy) is 4. The highest BCUT2D eigenvalue weighted by atomic mass is 32.1. The van der Waals surface area contributed by atoms with Gasteiger partial charge in [0.2, 0.25) is 5.75 Å². The van der Waals surface area contributed by atoms with Crippen LogP contribution in [0.25, 0.3) is 17.4 Å². The van der Waals surface area contributed by atoms with Crippen LogP contribution in [-0.2, 0) is 9.53 Å². The van der Waals surface area contributed by atoms with Crippen LogP contribution in [0, 0.1) is 11.3 Å². The Kier molecular flexibility index (Phi) is 7.99. The van der Waals surface area contributed by atoms with Crippen molar-refractivity contribution in [2.75, 3.05) is 27.9 Å². The van der Waals surface area contributed by atoms with Gasteiger partial charge in [0.25, 0.3) is 5.56 Å². The number of methoxy groups -OCH3 is 3. The van der Waals surface area contributed by atoms with Gasteiger partial charge in [-0.2, -0.15) is 5.26 Å². The summed E-state index contributed by atoms with van der Waals surface area (Å²) in [5.74, 6) is 1.45. The Labute approximate surface area is 245 Å². The minimum absolute atomic E-state index is 0.151. The van der Waals surface area contributed by atoms with Gasteiger partial charge in [-0.1, -0.05) is 23.5 Å². The molecule has 0 fully saturated rings. The van der Waals surface area contributed by atoms with Gasteiger partial charge in [0, 0.05) is 11.6 Å². The summed E-state index contributed by atoms with van der Waals surface area (Å²) in [6.45, 7) is 3.57. The summed E-state index contributed by atoms with van der Waals surface area (Å²) in [7, 11) is 4.48. The van der Waals surface area contributed by atoms with E-state index in [2.05, 4.69) is 11.1 Å². The van der Waals surface area contributed by atoms with Gasteiger partial charge >= 0.3 is 5.97 Å². The zero-order valence-electron chi connectivity index (χ0n) is 23.6. The smallest absolute Gasteiger partial charge is 0.338 e. The van der Waals surface area contributed by atoms with Crippen LogP contribution in [0.3, 0.4) is 0 Å². The van der Waals surface area contributed by atoms with E-state index < -0.39 is 12.0 Å². The fourth-order valence-corrected chi connectivity index (χ4v) is 5.89. The molecule has 4 aromatic rings. The fourth-order valence-electron chi connectivity index (χ4n) is 4.87. The molecule has 10 nitrogen and oxygen atoms in total. The third-order valence-corrected chi connectivity index (χ3v) is 7.72. The molecule has 0 saturated heterocycles. The number of fused-ring (bicyclic) bond motifs is 1. The van der Waals surface area contributed by atoms with E-state index in [4.69, 9.17) is 23.4 Å². The third-order valence-electron chi connectivity index (χ3n) is 6.73. The van der Waals surface area contributed by atoms with E-state index in [9.17, 15) is 14.9 Å². The van der Waals surface area contributed by atoms with Gasteiger partial charge < -0.3 is 23.4 Å². The summed E-state index contributed by atoms with van der Waals surface area (Å²) >= 11 is 1.17. The Morgan fingerprint density at radius 2 is 1.83 bits per heavy atom. The predicted molar refractivity (Wildman–Crippen MR) is 155 cm³/mol. The number of esters is 1. The van der Waals surface area contributed by atoms with Gasteiger partial charge in [-0.05, 0) is 55.8 Å². The van der Waals surface area contributed by atoms with Crippen LogP contribution in [-0.4, -0.2) is 38.5 Å². The van der Waals surface area contributed by atoms with Gasteiger partial charge in [0.05, 0.1) is 61.4 Å². The van der Waals surface area contributed by atoms with Crippen molar-refractivity contribution in [3.8, 4) is 34.6 Å². The van der Waals surface area contributed by atoms with Crippen LogP contribution in [0.1, 0.15) is 36.8 Å². The molecule has 2 aromatic carbocycles. The minimum Gasteiger partial charge on any atom is -0.493 e. The maximum atomic E-state index is 14.0. The second-order valence-corrected chi connectivity index (χ2v) is 10.1. The number of allylic oxidation sites excluding steroid dienone is 1. The molecule has 214 valence electrons. The van der Waals surface area contributed by atoms with E-state index in [0.29, 0.717) is 60.5 Å². The van der Waals surface area contributed by atoms with E-state index in [1.165, 1.54) is 37.2 Å². The number of hydrogen-bond donors (Lipinski definition) is 0. The topological polar surface area (TPSA) is 125 Å². The molecule has 0 spiro atoms. The van der Waals surface area contributed by atoms with Gasteiger partial charge in [-0.25, -0.2) is 9.79 Å². The first kappa shape index (κ1) is 28.4. The summed E-state index contributed by atoms with van der Waals surface area (Å²) in [6.07, 6.45) is 1.62. The van der Waals surface area contributed by atoms with E-state index in [-0.39, 0.29) is 17.7 Å². The quantitative estimate of drug-likeness (QED) is 0.285. The summed E-state index contributed by atoms with van der Waals surface area (Å²) in [5.41, 5.74) is 1.94. The minimum atomic E-state index is -0.883. The van der Waals surface area contributed by atoms with Crippen molar-refractivity contribution in [1.82, 2.24) is 4.57 Å². The standard InChI is InChI=1S/C31H27N3O7S/c1-6-40-30(36)26-17(2)33-31-34(27(26)19-13-23(37-3)28(39-5)24(14-19)38-4)29(35)25(42-31)15-20-11-12-22(41-20)21-10-8-7-9-18(21)16-32/h7-15,27H,6H2,1-5H3/b25-15+/t27-/m1/s1. The van der Waals surface area contributed by atoms with Crippen molar-refractivity contribution >= 4 is 23.4 Å². The Morgan fingerprint density at radius 1 is 1.12 bits per heavy atom. The highest BCUT2D eigenvalue weighted by Gasteiger charge is 2.34. The number of aromatic nitrogens is 1. The Balaban J connectivity index is 1.70. The zero-order chi connectivity index (χ0) is 30.0. The summed E-state index contributed by atoms with van der Waals surface area (Å²) in [6, 6.07) is 15.3. The molecule has 42 heavy (non-hydrogen) atoms. The number of hydrogen-bond acceptors (Lipinski definition) is 10. The molecule has 11 heteroatoms. The van der Waals surface area contributed by atoms with Gasteiger partial charge in [0.1, 0.15) is 11.5 Å². The number of furan rings is 1. The first-order valence-electron chi connectivity index (χ1n) is 12.9. The van der Waals surface area contributed by atoms with Crippen LogP contribution >= 0.6 is 11.3 Å². The van der Waals surface area contributed by atoms with Crippen molar-refractivity contribution in [3.05, 3.63) is 96.4 Å². The molecule has 0 N–H and O–H groups in total. The molecule has 0 unspecified atom stereocenters. The monoisotopic (exact) mass is 585 g/mol.